The number of ether oxygens (including phenoxy) is 2. The van der Waals surface area contributed by atoms with Crippen molar-refractivity contribution >= 4 is 17.3 Å². The average Bonchev–Trinajstić information content (AvgIpc) is 2.39. The maximum absolute atomic E-state index is 13.9. The highest BCUT2D eigenvalue weighted by molar-refractivity contribution is 5.79. The van der Waals surface area contributed by atoms with E-state index in [0.29, 0.717) is 12.2 Å². The van der Waals surface area contributed by atoms with E-state index in [1.165, 1.54) is 20.3 Å². The zero-order valence-corrected chi connectivity index (χ0v) is 12.2. The number of hydrogen-bond acceptors (Lipinski definition) is 5. The van der Waals surface area contributed by atoms with Crippen molar-refractivity contribution in [3.8, 4) is 5.75 Å². The van der Waals surface area contributed by atoms with Crippen molar-refractivity contribution in [1.82, 2.24) is 0 Å². The van der Waals surface area contributed by atoms with Crippen LogP contribution in [-0.4, -0.2) is 26.2 Å². The molecule has 1 rings (SSSR count). The quantitative estimate of drug-likeness (QED) is 0.620. The van der Waals surface area contributed by atoms with Crippen LogP contribution in [0.3, 0.4) is 0 Å². The second kappa shape index (κ2) is 6.98. The van der Waals surface area contributed by atoms with E-state index in [-0.39, 0.29) is 17.3 Å². The molecule has 0 bridgehead atoms. The maximum atomic E-state index is 13.9. The Kier molecular flexibility index (Phi) is 5.61. The van der Waals surface area contributed by atoms with Gasteiger partial charge in [-0.25, -0.2) is 9.18 Å². The third-order valence-electron chi connectivity index (χ3n) is 2.84. The summed E-state index contributed by atoms with van der Waals surface area (Å²) >= 11 is 0. The first-order chi connectivity index (χ1) is 9.38. The number of esters is 1. The predicted molar refractivity (Wildman–Crippen MR) is 76.2 cm³/mol. The summed E-state index contributed by atoms with van der Waals surface area (Å²) in [7, 11) is 2.75. The lowest BCUT2D eigenvalue weighted by molar-refractivity contribution is -0.141. The van der Waals surface area contributed by atoms with E-state index < -0.39 is 17.8 Å². The number of hydrogen-bond donors (Lipinski definition) is 2. The van der Waals surface area contributed by atoms with Crippen molar-refractivity contribution in [1.29, 1.82) is 0 Å². The largest absolute Gasteiger partial charge is 0.495 e. The summed E-state index contributed by atoms with van der Waals surface area (Å²) in [6.07, 6.45) is 0.527. The average molecular weight is 284 g/mol. The second-order valence-electron chi connectivity index (χ2n) is 4.92. The molecule has 5 nitrogen and oxygen atoms in total. The normalized spacial score (nSPS) is 12.1. The van der Waals surface area contributed by atoms with Gasteiger partial charge in [0.1, 0.15) is 17.6 Å². The molecule has 112 valence electrons. The highest BCUT2D eigenvalue weighted by atomic mass is 19.1. The van der Waals surface area contributed by atoms with Gasteiger partial charge < -0.3 is 20.5 Å². The van der Waals surface area contributed by atoms with Gasteiger partial charge in [-0.05, 0) is 12.3 Å². The van der Waals surface area contributed by atoms with Crippen LogP contribution >= 0.6 is 0 Å². The Morgan fingerprint density at radius 2 is 2.05 bits per heavy atom. The minimum absolute atomic E-state index is 0.159. The molecule has 0 radical (unpaired) electrons. The number of nitrogens with one attached hydrogen (secondary N) is 1. The molecule has 3 N–H and O–H groups in total. The van der Waals surface area contributed by atoms with Gasteiger partial charge in [-0.2, -0.15) is 0 Å². The van der Waals surface area contributed by atoms with Gasteiger partial charge in [-0.1, -0.05) is 13.8 Å². The summed E-state index contributed by atoms with van der Waals surface area (Å²) < 4.78 is 23.6. The van der Waals surface area contributed by atoms with Crippen molar-refractivity contribution < 1.29 is 18.7 Å². The Balaban J connectivity index is 3.01. The molecule has 1 unspecified atom stereocenters. The summed E-state index contributed by atoms with van der Waals surface area (Å²) in [6.45, 7) is 3.94. The van der Waals surface area contributed by atoms with Crippen LogP contribution in [0.5, 0.6) is 5.75 Å². The first-order valence-corrected chi connectivity index (χ1v) is 6.36. The van der Waals surface area contributed by atoms with Crippen molar-refractivity contribution in [2.24, 2.45) is 5.92 Å². The monoisotopic (exact) mass is 284 g/mol. The summed E-state index contributed by atoms with van der Waals surface area (Å²) in [5.74, 6) is -0.373. The van der Waals surface area contributed by atoms with Gasteiger partial charge in [0.15, 0.2) is 0 Å². The number of nitrogen functional groups attached to an aromatic ring is 1. The highest BCUT2D eigenvalue weighted by Crippen LogP contribution is 2.29. The molecular weight excluding hydrogens is 263 g/mol. The predicted octanol–water partition coefficient (Wildman–Crippen LogP) is 2.42. The number of anilines is 2. The molecule has 0 aliphatic carbocycles. The molecule has 0 spiro atoms. The molecule has 6 heteroatoms. The van der Waals surface area contributed by atoms with E-state index in [9.17, 15) is 9.18 Å². The molecule has 0 aliphatic rings. The summed E-state index contributed by atoms with van der Waals surface area (Å²) in [6, 6.07) is 1.97. The Morgan fingerprint density at radius 1 is 1.40 bits per heavy atom. The summed E-state index contributed by atoms with van der Waals surface area (Å²) in [5.41, 5.74) is 5.98. The zero-order valence-electron chi connectivity index (χ0n) is 12.2. The van der Waals surface area contributed by atoms with Crippen molar-refractivity contribution in [3.05, 3.63) is 17.9 Å². The molecule has 0 heterocycles. The first-order valence-electron chi connectivity index (χ1n) is 6.36. The minimum Gasteiger partial charge on any atom is -0.495 e. The minimum atomic E-state index is -0.622. The van der Waals surface area contributed by atoms with E-state index in [2.05, 4.69) is 5.32 Å². The Hall–Kier alpha value is -1.98. The molecule has 0 saturated carbocycles. The lowest BCUT2D eigenvalue weighted by Crippen LogP contribution is -2.32. The number of rotatable bonds is 6. The van der Waals surface area contributed by atoms with Gasteiger partial charge in [0.05, 0.1) is 25.6 Å². The smallest absolute Gasteiger partial charge is 0.328 e. The molecular formula is C14H21FN2O3. The van der Waals surface area contributed by atoms with E-state index in [4.69, 9.17) is 15.2 Å². The van der Waals surface area contributed by atoms with E-state index >= 15 is 0 Å². The second-order valence-corrected chi connectivity index (χ2v) is 4.92. The fourth-order valence-electron chi connectivity index (χ4n) is 1.87. The molecule has 0 aliphatic heterocycles. The zero-order chi connectivity index (χ0) is 15.3. The van der Waals surface area contributed by atoms with E-state index in [0.717, 1.165) is 6.07 Å². The van der Waals surface area contributed by atoms with Crippen LogP contribution in [0.15, 0.2) is 12.1 Å². The first kappa shape index (κ1) is 16.1. The van der Waals surface area contributed by atoms with Crippen LogP contribution in [0.1, 0.15) is 20.3 Å². The van der Waals surface area contributed by atoms with Gasteiger partial charge in [-0.3, -0.25) is 0 Å². The SMILES string of the molecule is COC(=O)C(CC(C)C)Nc1cc(OC)c(N)cc1F. The fourth-order valence-corrected chi connectivity index (χ4v) is 1.87. The van der Waals surface area contributed by atoms with Gasteiger partial charge in [0.2, 0.25) is 0 Å². The maximum Gasteiger partial charge on any atom is 0.328 e. The highest BCUT2D eigenvalue weighted by Gasteiger charge is 2.22. The fraction of sp³-hybridized carbons (Fsp3) is 0.500. The van der Waals surface area contributed by atoms with Crippen LogP contribution in [-0.2, 0) is 9.53 Å². The van der Waals surface area contributed by atoms with Crippen molar-refractivity contribution in [2.45, 2.75) is 26.3 Å². The standard InChI is InChI=1S/C14H21FN2O3/c1-8(2)5-12(14(18)20-4)17-11-7-13(19-3)10(16)6-9(11)15/h6-8,12,17H,5,16H2,1-4H3. The van der Waals surface area contributed by atoms with Gasteiger partial charge in [0.25, 0.3) is 0 Å². The molecule has 0 amide bonds. The van der Waals surface area contributed by atoms with Crippen molar-refractivity contribution in [3.63, 3.8) is 0 Å². The topological polar surface area (TPSA) is 73.6 Å². The van der Waals surface area contributed by atoms with Crippen LogP contribution in [0.2, 0.25) is 0 Å². The Morgan fingerprint density at radius 3 is 2.55 bits per heavy atom. The Labute approximate surface area is 118 Å². The van der Waals surface area contributed by atoms with E-state index in [1.807, 2.05) is 13.8 Å². The number of carbonyl (C=O) groups excluding carboxylic acids is 1. The van der Waals surface area contributed by atoms with Gasteiger partial charge >= 0.3 is 5.97 Å². The van der Waals surface area contributed by atoms with Crippen LogP contribution in [0.25, 0.3) is 0 Å². The van der Waals surface area contributed by atoms with Crippen molar-refractivity contribution in [2.75, 3.05) is 25.3 Å². The lowest BCUT2D eigenvalue weighted by Gasteiger charge is -2.20. The van der Waals surface area contributed by atoms with Crippen LogP contribution in [0.4, 0.5) is 15.8 Å². The third kappa shape index (κ3) is 4.01. The van der Waals surface area contributed by atoms with E-state index in [1.54, 1.807) is 0 Å². The van der Waals surface area contributed by atoms with Gasteiger partial charge in [-0.15, -0.1) is 0 Å². The molecule has 0 fully saturated rings. The molecule has 1 aromatic rings. The van der Waals surface area contributed by atoms with Crippen LogP contribution in [0, 0.1) is 11.7 Å². The summed E-state index contributed by atoms with van der Waals surface area (Å²) in [4.78, 5) is 11.7. The lowest BCUT2D eigenvalue weighted by atomic mass is 10.0. The molecule has 0 saturated heterocycles. The number of carbonyl (C=O) groups is 1. The summed E-state index contributed by atoms with van der Waals surface area (Å²) in [5, 5.41) is 2.85. The number of nitrogens with two attached hydrogens (primary N) is 1. The molecule has 1 aromatic carbocycles. The molecule has 0 aromatic heterocycles. The van der Waals surface area contributed by atoms with Crippen LogP contribution < -0.4 is 15.8 Å². The molecule has 20 heavy (non-hydrogen) atoms. The number of benzene rings is 1. The van der Waals surface area contributed by atoms with Gasteiger partial charge in [0, 0.05) is 12.1 Å². The molecule has 1 atom stereocenters. The Bertz CT molecular complexity index is 478. The number of halogens is 1. The third-order valence-corrected chi connectivity index (χ3v) is 2.84. The number of methoxy groups -OCH3 is 2.